The Kier molecular flexibility index (Phi) is 5.40. The lowest BCUT2D eigenvalue weighted by atomic mass is 10.1. The van der Waals surface area contributed by atoms with Crippen LogP contribution in [0.25, 0.3) is 17.1 Å². The third kappa shape index (κ3) is 4.13. The number of hydrogen-bond donors (Lipinski definition) is 1. The summed E-state index contributed by atoms with van der Waals surface area (Å²) < 4.78 is 13.1. The van der Waals surface area contributed by atoms with Crippen LogP contribution in [0.5, 0.6) is 11.5 Å². The quantitative estimate of drug-likeness (QED) is 0.662. The van der Waals surface area contributed by atoms with Gasteiger partial charge in [0.1, 0.15) is 11.7 Å². The molecule has 1 amide bonds. The first-order valence-electron chi connectivity index (χ1n) is 8.91. The molecule has 2 aromatic heterocycles. The SMILES string of the molecule is COc1ccc(/C=C/C(=O)Nn2cnc3c(cnn3C(C)(C)C)c2=O)cc1OC. The van der Waals surface area contributed by atoms with Crippen LogP contribution < -0.4 is 20.5 Å². The highest BCUT2D eigenvalue weighted by Crippen LogP contribution is 2.27. The Morgan fingerprint density at radius 3 is 2.55 bits per heavy atom. The van der Waals surface area contributed by atoms with E-state index in [1.165, 1.54) is 25.7 Å². The van der Waals surface area contributed by atoms with Gasteiger partial charge in [-0.25, -0.2) is 14.3 Å². The molecular weight excluding hydrogens is 374 g/mol. The van der Waals surface area contributed by atoms with Crippen LogP contribution in [-0.4, -0.2) is 39.6 Å². The van der Waals surface area contributed by atoms with Crippen LogP contribution in [0.1, 0.15) is 26.3 Å². The summed E-state index contributed by atoms with van der Waals surface area (Å²) in [7, 11) is 3.09. The van der Waals surface area contributed by atoms with Crippen molar-refractivity contribution < 1.29 is 14.3 Å². The topological polar surface area (TPSA) is 100 Å². The largest absolute Gasteiger partial charge is 0.493 e. The number of hydrogen-bond acceptors (Lipinski definition) is 6. The Bertz CT molecular complexity index is 1140. The standard InChI is InChI=1S/C20H23N5O4/c1-20(2,3)25-18-14(11-22-25)19(27)24(12-21-18)23-17(26)9-7-13-6-8-15(28-4)16(10-13)29-5/h6-12H,1-5H3,(H,23,26)/b9-7+. The molecule has 0 saturated carbocycles. The normalized spacial score (nSPS) is 11.8. The minimum Gasteiger partial charge on any atom is -0.493 e. The molecule has 0 fully saturated rings. The van der Waals surface area contributed by atoms with Crippen molar-refractivity contribution in [2.24, 2.45) is 0 Å². The smallest absolute Gasteiger partial charge is 0.283 e. The lowest BCUT2D eigenvalue weighted by molar-refractivity contribution is -0.112. The van der Waals surface area contributed by atoms with Gasteiger partial charge in [0.05, 0.1) is 26.0 Å². The summed E-state index contributed by atoms with van der Waals surface area (Å²) in [5.41, 5.74) is 2.98. The van der Waals surface area contributed by atoms with E-state index < -0.39 is 11.5 Å². The summed E-state index contributed by atoms with van der Waals surface area (Å²) in [5.74, 6) is 0.666. The molecule has 1 N–H and O–H groups in total. The highest BCUT2D eigenvalue weighted by Gasteiger charge is 2.19. The van der Waals surface area contributed by atoms with Crippen molar-refractivity contribution in [2.75, 3.05) is 19.6 Å². The van der Waals surface area contributed by atoms with Gasteiger partial charge in [-0.3, -0.25) is 15.0 Å². The zero-order chi connectivity index (χ0) is 21.2. The van der Waals surface area contributed by atoms with E-state index in [-0.39, 0.29) is 5.54 Å². The molecule has 0 aliphatic rings. The zero-order valence-corrected chi connectivity index (χ0v) is 17.0. The van der Waals surface area contributed by atoms with E-state index in [1.54, 1.807) is 36.1 Å². The molecule has 3 rings (SSSR count). The van der Waals surface area contributed by atoms with Gasteiger partial charge in [-0.05, 0) is 44.5 Å². The second-order valence-electron chi connectivity index (χ2n) is 7.31. The summed E-state index contributed by atoms with van der Waals surface area (Å²) in [6.45, 7) is 5.90. The number of rotatable bonds is 5. The molecule has 2 heterocycles. The predicted octanol–water partition coefficient (Wildman–Crippen LogP) is 2.15. The maximum absolute atomic E-state index is 12.6. The van der Waals surface area contributed by atoms with E-state index in [9.17, 15) is 9.59 Å². The van der Waals surface area contributed by atoms with Crippen molar-refractivity contribution >= 4 is 23.0 Å². The summed E-state index contributed by atoms with van der Waals surface area (Å²) in [4.78, 5) is 29.2. The second-order valence-corrected chi connectivity index (χ2v) is 7.31. The number of fused-ring (bicyclic) bond motifs is 1. The van der Waals surface area contributed by atoms with Crippen molar-refractivity contribution in [3.05, 3.63) is 52.7 Å². The molecule has 9 heteroatoms. The van der Waals surface area contributed by atoms with Gasteiger partial charge < -0.3 is 9.47 Å². The van der Waals surface area contributed by atoms with Gasteiger partial charge in [-0.2, -0.15) is 5.10 Å². The Morgan fingerprint density at radius 2 is 1.90 bits per heavy atom. The fraction of sp³-hybridized carbons (Fsp3) is 0.300. The lowest BCUT2D eigenvalue weighted by Crippen LogP contribution is -2.32. The Balaban J connectivity index is 1.81. The molecule has 0 aliphatic heterocycles. The van der Waals surface area contributed by atoms with E-state index in [1.807, 2.05) is 20.8 Å². The number of nitrogens with zero attached hydrogens (tertiary/aromatic N) is 4. The first-order valence-corrected chi connectivity index (χ1v) is 8.91. The maximum atomic E-state index is 12.6. The van der Waals surface area contributed by atoms with Crippen LogP contribution in [0.15, 0.2) is 41.6 Å². The maximum Gasteiger partial charge on any atom is 0.283 e. The Labute approximate surface area is 167 Å². The van der Waals surface area contributed by atoms with Crippen molar-refractivity contribution in [1.82, 2.24) is 19.4 Å². The highest BCUT2D eigenvalue weighted by atomic mass is 16.5. The van der Waals surface area contributed by atoms with Gasteiger partial charge in [0.15, 0.2) is 17.1 Å². The van der Waals surface area contributed by atoms with E-state index >= 15 is 0 Å². The van der Waals surface area contributed by atoms with Crippen LogP contribution in [0, 0.1) is 0 Å². The molecule has 152 valence electrons. The highest BCUT2D eigenvalue weighted by molar-refractivity contribution is 5.97. The average Bonchev–Trinajstić information content (AvgIpc) is 3.13. The number of aromatic nitrogens is 4. The fourth-order valence-corrected chi connectivity index (χ4v) is 2.77. The monoisotopic (exact) mass is 397 g/mol. The van der Waals surface area contributed by atoms with Gasteiger partial charge in [0, 0.05) is 6.08 Å². The number of carbonyl (C=O) groups is 1. The molecule has 0 atom stereocenters. The molecule has 1 aromatic carbocycles. The first kappa shape index (κ1) is 20.1. The van der Waals surface area contributed by atoms with Crippen LogP contribution in [0.2, 0.25) is 0 Å². The minimum atomic E-state index is -0.480. The van der Waals surface area contributed by atoms with E-state index in [4.69, 9.17) is 9.47 Å². The van der Waals surface area contributed by atoms with Crippen molar-refractivity contribution in [3.8, 4) is 11.5 Å². The number of amides is 1. The molecule has 3 aromatic rings. The van der Waals surface area contributed by atoms with Crippen molar-refractivity contribution in [2.45, 2.75) is 26.3 Å². The second kappa shape index (κ2) is 7.78. The van der Waals surface area contributed by atoms with E-state index in [2.05, 4.69) is 15.5 Å². The van der Waals surface area contributed by atoms with Crippen LogP contribution in [0.3, 0.4) is 0 Å². The van der Waals surface area contributed by atoms with Gasteiger partial charge in [-0.15, -0.1) is 0 Å². The third-order valence-corrected chi connectivity index (χ3v) is 4.19. The summed E-state index contributed by atoms with van der Waals surface area (Å²) in [6.07, 6.45) is 5.65. The average molecular weight is 397 g/mol. The molecule has 0 radical (unpaired) electrons. The number of benzene rings is 1. The number of carbonyl (C=O) groups excluding carboxylic acids is 1. The molecular formula is C20H23N5O4. The van der Waals surface area contributed by atoms with Gasteiger partial charge in [0.25, 0.3) is 11.5 Å². The Morgan fingerprint density at radius 1 is 1.17 bits per heavy atom. The van der Waals surface area contributed by atoms with Gasteiger partial charge in [0.2, 0.25) is 0 Å². The minimum absolute atomic E-state index is 0.321. The van der Waals surface area contributed by atoms with Gasteiger partial charge >= 0.3 is 0 Å². The first-order chi connectivity index (χ1) is 13.7. The summed E-state index contributed by atoms with van der Waals surface area (Å²) in [5, 5.41) is 4.57. The predicted molar refractivity (Wildman–Crippen MR) is 110 cm³/mol. The Hall–Kier alpha value is -3.62. The summed E-state index contributed by atoms with van der Waals surface area (Å²) in [6, 6.07) is 5.26. The number of nitrogens with one attached hydrogen (secondary N) is 1. The van der Waals surface area contributed by atoms with E-state index in [0.29, 0.717) is 22.5 Å². The molecule has 0 unspecified atom stereocenters. The molecule has 29 heavy (non-hydrogen) atoms. The van der Waals surface area contributed by atoms with Crippen molar-refractivity contribution in [1.29, 1.82) is 0 Å². The van der Waals surface area contributed by atoms with Crippen LogP contribution >= 0.6 is 0 Å². The number of methoxy groups -OCH3 is 2. The fourth-order valence-electron chi connectivity index (χ4n) is 2.77. The lowest BCUT2D eigenvalue weighted by Gasteiger charge is -2.19. The molecule has 0 aliphatic carbocycles. The third-order valence-electron chi connectivity index (χ3n) is 4.19. The molecule has 0 spiro atoms. The van der Waals surface area contributed by atoms with E-state index in [0.717, 1.165) is 10.2 Å². The summed E-state index contributed by atoms with van der Waals surface area (Å²) >= 11 is 0. The van der Waals surface area contributed by atoms with Crippen LogP contribution in [-0.2, 0) is 10.3 Å². The van der Waals surface area contributed by atoms with Crippen LogP contribution in [0.4, 0.5) is 0 Å². The molecule has 9 nitrogen and oxygen atoms in total. The van der Waals surface area contributed by atoms with Crippen molar-refractivity contribution in [3.63, 3.8) is 0 Å². The van der Waals surface area contributed by atoms with Gasteiger partial charge in [-0.1, -0.05) is 6.07 Å². The number of ether oxygens (including phenoxy) is 2. The molecule has 0 bridgehead atoms. The molecule has 0 saturated heterocycles. The zero-order valence-electron chi connectivity index (χ0n) is 17.0.